The number of nitrogens with one attached hydrogen (secondary N) is 1. The second-order valence-corrected chi connectivity index (χ2v) is 22.8. The van der Waals surface area contributed by atoms with Gasteiger partial charge in [0.05, 0.1) is 23.2 Å². The maximum absolute atomic E-state index is 15.6. The Morgan fingerprint density at radius 1 is 0.863 bits per heavy atom. The summed E-state index contributed by atoms with van der Waals surface area (Å²) in [5.74, 6) is -1.08. The van der Waals surface area contributed by atoms with E-state index in [1.54, 1.807) is 24.3 Å². The quantitative estimate of drug-likeness (QED) is 0.0180. The summed E-state index contributed by atoms with van der Waals surface area (Å²) in [5.41, 5.74) is 4.03. The van der Waals surface area contributed by atoms with Crippen molar-refractivity contribution in [3.05, 3.63) is 136 Å². The number of allylic oxidation sites excluding steroid dienone is 1. The van der Waals surface area contributed by atoms with Crippen molar-refractivity contribution in [2.45, 2.75) is 186 Å². The Balaban J connectivity index is 1.21. The third-order valence-electron chi connectivity index (χ3n) is 17.4. The van der Waals surface area contributed by atoms with Crippen molar-refractivity contribution in [2.75, 3.05) is 26.4 Å². The first kappa shape index (κ1) is 60.0. The number of benzene rings is 4. The van der Waals surface area contributed by atoms with Gasteiger partial charge in [0.15, 0.2) is 0 Å². The Hall–Kier alpha value is -6.09. The highest BCUT2D eigenvalue weighted by Crippen LogP contribution is 2.62. The predicted molar refractivity (Wildman–Crippen MR) is 314 cm³/mol. The fraction of sp³-hybridized carbons (Fsp3) is 0.561. The Labute approximate surface area is 474 Å². The normalized spacial score (nSPS) is 21.8. The SMILES string of the molecule is C=CCOC12Oc3ccc(OC(=O)NCCCCCCCCCCCC)cc3C3C(CCCCO)C(CCCCO)C=C(C(=NOCc4ccc([N+](=O)[O-])cc4)CC1N(Cc1cccc4ccccc14)C(=O)CCC1CCCC1)C32. The van der Waals surface area contributed by atoms with Crippen LogP contribution in [-0.4, -0.2) is 75.9 Å². The fourth-order valence-corrected chi connectivity index (χ4v) is 13.3. The van der Waals surface area contributed by atoms with Crippen LogP contribution in [0, 0.1) is 33.8 Å². The summed E-state index contributed by atoms with van der Waals surface area (Å²) in [5, 5.41) is 42.0. The van der Waals surface area contributed by atoms with Crippen molar-refractivity contribution < 1.29 is 43.8 Å². The number of rotatable bonds is 33. The van der Waals surface area contributed by atoms with Gasteiger partial charge in [-0.1, -0.05) is 163 Å². The monoisotopic (exact) mass is 1100 g/mol. The Bertz CT molecular complexity index is 2700. The van der Waals surface area contributed by atoms with Crippen LogP contribution in [0.4, 0.5) is 10.5 Å². The third kappa shape index (κ3) is 15.5. The van der Waals surface area contributed by atoms with Gasteiger partial charge in [0.1, 0.15) is 24.1 Å². The van der Waals surface area contributed by atoms with Crippen molar-refractivity contribution in [1.29, 1.82) is 0 Å². The maximum Gasteiger partial charge on any atom is 0.412 e. The number of oxime groups is 1. The molecule has 0 saturated heterocycles. The number of carbonyl (C=O) groups is 2. The zero-order chi connectivity index (χ0) is 56.1. The number of non-ortho nitro benzene ring substituents is 1. The van der Waals surface area contributed by atoms with Crippen LogP contribution in [0.15, 0.2) is 114 Å². The van der Waals surface area contributed by atoms with Gasteiger partial charge in [0.25, 0.3) is 5.69 Å². The minimum absolute atomic E-state index is 0.00862. The molecule has 3 N–H and O–H groups in total. The molecule has 1 aliphatic heterocycles. The van der Waals surface area contributed by atoms with E-state index < -0.39 is 28.8 Å². The van der Waals surface area contributed by atoms with Crippen molar-refractivity contribution in [3.63, 3.8) is 0 Å². The summed E-state index contributed by atoms with van der Waals surface area (Å²) in [6.45, 7) is 7.41. The van der Waals surface area contributed by atoms with Gasteiger partial charge in [0.2, 0.25) is 11.7 Å². The molecule has 80 heavy (non-hydrogen) atoms. The van der Waals surface area contributed by atoms with E-state index >= 15 is 4.79 Å². The minimum Gasteiger partial charge on any atom is -0.459 e. The molecule has 4 aromatic carbocycles. The molecular formula is C66H88N4O10. The minimum atomic E-state index is -1.50. The molecule has 0 bridgehead atoms. The van der Waals surface area contributed by atoms with E-state index in [1.807, 2.05) is 35.2 Å². The summed E-state index contributed by atoms with van der Waals surface area (Å²) >= 11 is 0. The first-order valence-electron chi connectivity index (χ1n) is 30.3. The van der Waals surface area contributed by atoms with Crippen LogP contribution >= 0.6 is 0 Å². The van der Waals surface area contributed by atoms with Gasteiger partial charge in [-0.3, -0.25) is 14.9 Å². The lowest BCUT2D eigenvalue weighted by Crippen LogP contribution is -2.70. The molecule has 8 rings (SSSR count). The smallest absolute Gasteiger partial charge is 0.412 e. The maximum atomic E-state index is 15.6. The van der Waals surface area contributed by atoms with Gasteiger partial charge < -0.3 is 39.5 Å². The number of nitro groups is 1. The zero-order valence-corrected chi connectivity index (χ0v) is 47.4. The van der Waals surface area contributed by atoms with E-state index in [0.717, 1.165) is 91.7 Å². The highest BCUT2D eigenvalue weighted by molar-refractivity contribution is 6.03. The lowest BCUT2D eigenvalue weighted by molar-refractivity contribution is -0.384. The van der Waals surface area contributed by atoms with E-state index in [0.29, 0.717) is 54.5 Å². The van der Waals surface area contributed by atoms with Gasteiger partial charge in [-0.15, -0.1) is 6.58 Å². The second kappa shape index (κ2) is 30.6. The van der Waals surface area contributed by atoms with Gasteiger partial charge >= 0.3 is 6.09 Å². The molecule has 0 aromatic heterocycles. The Kier molecular flexibility index (Phi) is 23.0. The molecule has 432 valence electrons. The number of nitro benzene ring substituents is 1. The molecule has 4 aromatic rings. The van der Waals surface area contributed by atoms with Gasteiger partial charge in [0, 0.05) is 62.8 Å². The van der Waals surface area contributed by atoms with E-state index in [-0.39, 0.29) is 68.7 Å². The van der Waals surface area contributed by atoms with Crippen molar-refractivity contribution in [2.24, 2.45) is 28.8 Å². The van der Waals surface area contributed by atoms with Gasteiger partial charge in [-0.05, 0) is 114 Å². The van der Waals surface area contributed by atoms with Crippen molar-refractivity contribution >= 4 is 34.2 Å². The number of hydrogen-bond donors (Lipinski definition) is 3. The second-order valence-electron chi connectivity index (χ2n) is 22.8. The van der Waals surface area contributed by atoms with Crippen LogP contribution in [0.5, 0.6) is 11.5 Å². The largest absolute Gasteiger partial charge is 0.459 e. The number of unbranched alkanes of at least 4 members (excludes halogenated alkanes) is 11. The molecule has 6 atom stereocenters. The Morgan fingerprint density at radius 2 is 1.57 bits per heavy atom. The van der Waals surface area contributed by atoms with Crippen LogP contribution in [-0.2, 0) is 27.5 Å². The Morgan fingerprint density at radius 3 is 2.30 bits per heavy atom. The molecule has 14 nitrogen and oxygen atoms in total. The van der Waals surface area contributed by atoms with E-state index in [1.165, 1.54) is 69.9 Å². The molecule has 0 spiro atoms. The predicted octanol–water partition coefficient (Wildman–Crippen LogP) is 14.6. The molecule has 6 unspecified atom stereocenters. The fourth-order valence-electron chi connectivity index (χ4n) is 13.3. The van der Waals surface area contributed by atoms with Gasteiger partial charge in [-0.25, -0.2) is 4.79 Å². The van der Waals surface area contributed by atoms with E-state index in [2.05, 4.69) is 49.2 Å². The molecule has 2 amide bonds. The molecule has 0 radical (unpaired) electrons. The highest BCUT2D eigenvalue weighted by Gasteiger charge is 2.65. The summed E-state index contributed by atoms with van der Waals surface area (Å²) in [6, 6.07) is 25.5. The lowest BCUT2D eigenvalue weighted by atomic mass is 9.55. The van der Waals surface area contributed by atoms with E-state index in [9.17, 15) is 25.1 Å². The number of nitrogens with zero attached hydrogens (tertiary/aromatic N) is 3. The first-order valence-corrected chi connectivity index (χ1v) is 30.3. The number of aliphatic hydroxyl groups is 2. The lowest BCUT2D eigenvalue weighted by Gasteiger charge is -2.60. The molecule has 3 aliphatic carbocycles. The average Bonchev–Trinajstić information content (AvgIpc) is 3.61. The van der Waals surface area contributed by atoms with Crippen LogP contribution in [0.1, 0.15) is 177 Å². The van der Waals surface area contributed by atoms with E-state index in [4.69, 9.17) is 24.2 Å². The number of ether oxygens (including phenoxy) is 3. The molecule has 4 aliphatic rings. The number of carbonyl (C=O) groups excluding carboxylic acids is 2. The van der Waals surface area contributed by atoms with Crippen LogP contribution in [0.2, 0.25) is 0 Å². The van der Waals surface area contributed by atoms with Gasteiger partial charge in [-0.2, -0.15) is 0 Å². The number of aliphatic hydroxyl groups excluding tert-OH is 2. The summed E-state index contributed by atoms with van der Waals surface area (Å²) < 4.78 is 21.0. The number of fused-ring (bicyclic) bond motifs is 3. The third-order valence-corrected chi connectivity index (χ3v) is 17.4. The number of hydrogen-bond acceptors (Lipinski definition) is 11. The zero-order valence-electron chi connectivity index (χ0n) is 47.4. The van der Waals surface area contributed by atoms with Crippen LogP contribution in [0.3, 0.4) is 0 Å². The highest BCUT2D eigenvalue weighted by atomic mass is 16.7. The molecular weight excluding hydrogens is 1010 g/mol. The molecule has 1 heterocycles. The topological polar surface area (TPSA) is 182 Å². The average molecular weight is 1100 g/mol. The standard InChI is InChI=1S/C66H88N4O10/c1-3-5-6-7-8-9-10-11-12-19-39-67-65(74)79-54-36-37-60-58(44-54)63-56(30-18-21-41-72)51(26-17-20-40-71)43-57-59(68-78-47-49-31-34-53(35-32-49)70(75)76)45-61(66(80-60,64(57)63)77-42-4-2)69(62(73)38-33-48-23-13-14-24-48)46-52-28-22-27-50-25-15-16-29-55(50)52/h4,15-16,22,25,27-29,31-32,34-37,43-44,48,51,56,61,63-64,71-72H,2-3,5-14,17-21,23-24,26,30,33,38-42,45-47H2,1H3,(H,67,74). The summed E-state index contributed by atoms with van der Waals surface area (Å²) in [6.07, 6.45) is 25.6. The van der Waals surface area contributed by atoms with Crippen molar-refractivity contribution in [3.8, 4) is 11.5 Å². The molecule has 2 fully saturated rings. The first-order chi connectivity index (χ1) is 39.2. The number of amides is 2. The molecule has 2 saturated carbocycles. The summed E-state index contributed by atoms with van der Waals surface area (Å²) in [4.78, 5) is 48.7. The van der Waals surface area contributed by atoms with Crippen LogP contribution in [0.25, 0.3) is 10.8 Å². The van der Waals surface area contributed by atoms with Crippen molar-refractivity contribution in [1.82, 2.24) is 10.2 Å². The molecule has 14 heteroatoms. The van der Waals surface area contributed by atoms with Crippen LogP contribution < -0.4 is 14.8 Å². The summed E-state index contributed by atoms with van der Waals surface area (Å²) in [7, 11) is 0.